The Bertz CT molecular complexity index is 914. The minimum Gasteiger partial charge on any atom is -0.497 e. The summed E-state index contributed by atoms with van der Waals surface area (Å²) in [4.78, 5) is 8.89. The van der Waals surface area contributed by atoms with Crippen LogP contribution in [0, 0.1) is 6.92 Å². The van der Waals surface area contributed by atoms with Gasteiger partial charge in [-0.15, -0.1) is 0 Å². The number of methoxy groups -OCH3 is 3. The number of benzene rings is 2. The number of anilines is 4. The first kappa shape index (κ1) is 18.3. The van der Waals surface area contributed by atoms with Crippen molar-refractivity contribution >= 4 is 23.0 Å². The molecule has 7 nitrogen and oxygen atoms in total. The van der Waals surface area contributed by atoms with Crippen LogP contribution in [0.2, 0.25) is 0 Å². The number of hydrogen-bond acceptors (Lipinski definition) is 7. The van der Waals surface area contributed by atoms with Crippen LogP contribution >= 0.6 is 0 Å². The van der Waals surface area contributed by atoms with Gasteiger partial charge in [0.2, 0.25) is 0 Å². The molecular weight excluding hydrogens is 344 g/mol. The molecule has 7 heteroatoms. The molecule has 0 atom stereocenters. The molecule has 0 aliphatic carbocycles. The summed E-state index contributed by atoms with van der Waals surface area (Å²) in [5, 5.41) is 6.54. The second-order valence-electron chi connectivity index (χ2n) is 5.73. The van der Waals surface area contributed by atoms with E-state index < -0.39 is 0 Å². The molecule has 1 aromatic heterocycles. The second-order valence-corrected chi connectivity index (χ2v) is 5.73. The van der Waals surface area contributed by atoms with Crippen LogP contribution in [-0.4, -0.2) is 31.3 Å². The zero-order valence-corrected chi connectivity index (χ0v) is 15.7. The van der Waals surface area contributed by atoms with E-state index in [2.05, 4.69) is 20.6 Å². The Balaban J connectivity index is 1.82. The third-order valence-electron chi connectivity index (χ3n) is 3.87. The summed E-state index contributed by atoms with van der Waals surface area (Å²) in [6.45, 7) is 1.84. The highest BCUT2D eigenvalue weighted by Crippen LogP contribution is 2.31. The molecule has 27 heavy (non-hydrogen) atoms. The van der Waals surface area contributed by atoms with Crippen molar-refractivity contribution in [1.29, 1.82) is 0 Å². The fourth-order valence-corrected chi connectivity index (χ4v) is 2.56. The first-order chi connectivity index (χ1) is 13.1. The number of hydrogen-bond donors (Lipinski definition) is 2. The minimum absolute atomic E-state index is 0.642. The third-order valence-corrected chi connectivity index (χ3v) is 3.87. The summed E-state index contributed by atoms with van der Waals surface area (Å²) >= 11 is 0. The molecule has 3 rings (SSSR count). The van der Waals surface area contributed by atoms with Crippen LogP contribution in [0.3, 0.4) is 0 Å². The maximum absolute atomic E-state index is 5.42. The van der Waals surface area contributed by atoms with E-state index in [0.717, 1.165) is 22.9 Å². The molecule has 1 heterocycles. The van der Waals surface area contributed by atoms with E-state index in [-0.39, 0.29) is 0 Å². The lowest BCUT2D eigenvalue weighted by Gasteiger charge is -2.13. The predicted molar refractivity (Wildman–Crippen MR) is 106 cm³/mol. The van der Waals surface area contributed by atoms with Gasteiger partial charge in [0.25, 0.3) is 0 Å². The Morgan fingerprint density at radius 2 is 1.33 bits per heavy atom. The summed E-state index contributed by atoms with van der Waals surface area (Å²) < 4.78 is 15.8. The molecule has 0 amide bonds. The van der Waals surface area contributed by atoms with Gasteiger partial charge in [-0.25, -0.2) is 9.97 Å². The van der Waals surface area contributed by atoms with Crippen molar-refractivity contribution in [2.45, 2.75) is 6.92 Å². The van der Waals surface area contributed by atoms with Crippen molar-refractivity contribution in [3.63, 3.8) is 0 Å². The van der Waals surface area contributed by atoms with Crippen molar-refractivity contribution in [3.05, 3.63) is 54.4 Å². The molecule has 0 unspecified atom stereocenters. The third kappa shape index (κ3) is 4.58. The van der Waals surface area contributed by atoms with Gasteiger partial charge in [0.05, 0.1) is 27.0 Å². The van der Waals surface area contributed by atoms with Gasteiger partial charge in [-0.3, -0.25) is 0 Å². The smallest absolute Gasteiger partial charge is 0.146 e. The molecule has 0 aliphatic rings. The van der Waals surface area contributed by atoms with Crippen LogP contribution in [0.15, 0.2) is 48.5 Å². The molecule has 0 saturated carbocycles. The summed E-state index contributed by atoms with van der Waals surface area (Å²) in [6, 6.07) is 15.0. The second kappa shape index (κ2) is 8.27. The lowest BCUT2D eigenvalue weighted by Crippen LogP contribution is -2.02. The average molecular weight is 366 g/mol. The van der Waals surface area contributed by atoms with Crippen molar-refractivity contribution < 1.29 is 14.2 Å². The van der Waals surface area contributed by atoms with Crippen LogP contribution in [0.25, 0.3) is 0 Å². The van der Waals surface area contributed by atoms with Gasteiger partial charge in [-0.05, 0) is 43.3 Å². The Hall–Kier alpha value is -3.48. The molecule has 0 aliphatic heterocycles. The fourth-order valence-electron chi connectivity index (χ4n) is 2.56. The Morgan fingerprint density at radius 1 is 0.704 bits per heavy atom. The fraction of sp³-hybridized carbons (Fsp3) is 0.200. The first-order valence-electron chi connectivity index (χ1n) is 8.37. The summed E-state index contributed by atoms with van der Waals surface area (Å²) in [5.41, 5.74) is 1.69. The topological polar surface area (TPSA) is 77.5 Å². The zero-order valence-electron chi connectivity index (χ0n) is 15.7. The zero-order chi connectivity index (χ0) is 19.2. The van der Waals surface area contributed by atoms with Crippen LogP contribution < -0.4 is 24.8 Å². The van der Waals surface area contributed by atoms with Crippen molar-refractivity contribution in [3.8, 4) is 17.2 Å². The van der Waals surface area contributed by atoms with Crippen LogP contribution in [0.4, 0.5) is 23.0 Å². The number of nitrogens with zero attached hydrogens (tertiary/aromatic N) is 2. The van der Waals surface area contributed by atoms with E-state index in [1.807, 2.05) is 55.5 Å². The maximum Gasteiger partial charge on any atom is 0.146 e. The monoisotopic (exact) mass is 366 g/mol. The van der Waals surface area contributed by atoms with Gasteiger partial charge in [0.15, 0.2) is 0 Å². The number of aryl methyl sites for hydroxylation is 1. The van der Waals surface area contributed by atoms with Gasteiger partial charge in [0.1, 0.15) is 34.7 Å². The SMILES string of the molecule is COc1ccc(Nc2cc(Nc3ccc(OC)cc3OC)nc(C)n2)cc1. The summed E-state index contributed by atoms with van der Waals surface area (Å²) in [6.07, 6.45) is 0. The van der Waals surface area contributed by atoms with E-state index in [4.69, 9.17) is 14.2 Å². The van der Waals surface area contributed by atoms with E-state index >= 15 is 0 Å². The Morgan fingerprint density at radius 3 is 1.96 bits per heavy atom. The quantitative estimate of drug-likeness (QED) is 0.645. The molecule has 2 aromatic carbocycles. The molecule has 0 bridgehead atoms. The minimum atomic E-state index is 0.642. The molecular formula is C20H22N4O3. The standard InChI is InChI=1S/C20H22N4O3/c1-13-21-19(23-14-5-7-15(25-2)8-6-14)12-20(22-13)24-17-10-9-16(26-3)11-18(17)27-4/h5-12H,1-4H3,(H2,21,22,23,24). The molecule has 3 aromatic rings. The molecule has 2 N–H and O–H groups in total. The first-order valence-corrected chi connectivity index (χ1v) is 8.37. The highest BCUT2D eigenvalue weighted by atomic mass is 16.5. The van der Waals surface area contributed by atoms with Gasteiger partial charge < -0.3 is 24.8 Å². The van der Waals surface area contributed by atoms with Crippen LogP contribution in [-0.2, 0) is 0 Å². The number of ether oxygens (including phenoxy) is 3. The summed E-state index contributed by atoms with van der Waals surface area (Å²) in [5.74, 6) is 4.16. The van der Waals surface area contributed by atoms with Crippen molar-refractivity contribution in [1.82, 2.24) is 9.97 Å². The van der Waals surface area contributed by atoms with Crippen molar-refractivity contribution in [2.75, 3.05) is 32.0 Å². The molecule has 140 valence electrons. The van der Waals surface area contributed by atoms with E-state index in [1.54, 1.807) is 21.3 Å². The predicted octanol–water partition coefficient (Wildman–Crippen LogP) is 4.30. The van der Waals surface area contributed by atoms with Gasteiger partial charge >= 0.3 is 0 Å². The number of aromatic nitrogens is 2. The highest BCUT2D eigenvalue weighted by molar-refractivity contribution is 5.68. The molecule has 0 fully saturated rings. The van der Waals surface area contributed by atoms with Gasteiger partial charge in [-0.2, -0.15) is 0 Å². The van der Waals surface area contributed by atoms with E-state index in [1.165, 1.54) is 0 Å². The van der Waals surface area contributed by atoms with E-state index in [0.29, 0.717) is 23.2 Å². The Labute approximate surface area is 158 Å². The van der Waals surface area contributed by atoms with Gasteiger partial charge in [-0.1, -0.05) is 0 Å². The number of nitrogens with one attached hydrogen (secondary N) is 2. The van der Waals surface area contributed by atoms with Crippen LogP contribution in [0.1, 0.15) is 5.82 Å². The lowest BCUT2D eigenvalue weighted by atomic mass is 10.2. The molecule has 0 spiro atoms. The van der Waals surface area contributed by atoms with Crippen LogP contribution in [0.5, 0.6) is 17.2 Å². The van der Waals surface area contributed by atoms with Crippen molar-refractivity contribution in [2.24, 2.45) is 0 Å². The largest absolute Gasteiger partial charge is 0.497 e. The normalized spacial score (nSPS) is 10.2. The van der Waals surface area contributed by atoms with E-state index in [9.17, 15) is 0 Å². The Kier molecular flexibility index (Phi) is 5.61. The number of rotatable bonds is 7. The maximum atomic E-state index is 5.42. The summed E-state index contributed by atoms with van der Waals surface area (Å²) in [7, 11) is 4.87. The molecule has 0 radical (unpaired) electrons. The highest BCUT2D eigenvalue weighted by Gasteiger charge is 2.08. The average Bonchev–Trinajstić information content (AvgIpc) is 2.68. The molecule has 0 saturated heterocycles. The lowest BCUT2D eigenvalue weighted by molar-refractivity contribution is 0.395. The van der Waals surface area contributed by atoms with Gasteiger partial charge in [0, 0.05) is 17.8 Å².